The van der Waals surface area contributed by atoms with Crippen molar-refractivity contribution in [3.63, 3.8) is 0 Å². The molecule has 0 spiro atoms. The molecule has 1 aromatic rings. The van der Waals surface area contributed by atoms with Gasteiger partial charge in [0.2, 0.25) is 0 Å². The van der Waals surface area contributed by atoms with E-state index < -0.39 is 12.6 Å². The molecule has 0 saturated carbocycles. The van der Waals surface area contributed by atoms with E-state index in [-0.39, 0.29) is 0 Å². The van der Waals surface area contributed by atoms with Gasteiger partial charge in [0.15, 0.2) is 0 Å². The van der Waals surface area contributed by atoms with Gasteiger partial charge in [-0.3, -0.25) is 4.98 Å². The Morgan fingerprint density at radius 3 is 2.58 bits per heavy atom. The van der Waals surface area contributed by atoms with Crippen LogP contribution in [0.2, 0.25) is 0 Å². The van der Waals surface area contributed by atoms with Gasteiger partial charge in [-0.05, 0) is 5.65 Å². The van der Waals surface area contributed by atoms with Gasteiger partial charge in [0.1, 0.15) is 5.03 Å². The Morgan fingerprint density at radius 1 is 1.33 bits per heavy atom. The minimum absolute atomic E-state index is 0.303. The number of nitrogens with zero attached hydrogens (tertiary/aromatic N) is 2. The summed E-state index contributed by atoms with van der Waals surface area (Å²) in [6, 6.07) is 0. The Balaban J connectivity index is 2.44. The van der Waals surface area contributed by atoms with E-state index in [4.69, 9.17) is 0 Å². The van der Waals surface area contributed by atoms with Gasteiger partial charge in [-0.25, -0.2) is 4.98 Å². The van der Waals surface area contributed by atoms with Crippen LogP contribution in [0.4, 0.5) is 12.9 Å². The Labute approximate surface area is 71.7 Å². The molecular formula is C5H5BF3N2S-. The molecule has 66 valence electrons. The molecule has 1 aromatic heterocycles. The van der Waals surface area contributed by atoms with Crippen LogP contribution >= 0.6 is 11.8 Å². The molecule has 0 unspecified atom stereocenters. The first kappa shape index (κ1) is 9.37. The number of halogens is 3. The molecule has 0 fully saturated rings. The fraction of sp³-hybridized carbons (Fsp3) is 0.200. The van der Waals surface area contributed by atoms with E-state index in [9.17, 15) is 12.9 Å². The topological polar surface area (TPSA) is 25.8 Å². The molecule has 0 aromatic carbocycles. The van der Waals surface area contributed by atoms with E-state index in [1.54, 1.807) is 0 Å². The van der Waals surface area contributed by atoms with Crippen molar-refractivity contribution in [1.29, 1.82) is 0 Å². The molecule has 0 bridgehead atoms. The second-order valence-corrected chi connectivity index (χ2v) is 3.11. The largest absolute Gasteiger partial charge is 0.488 e. The summed E-state index contributed by atoms with van der Waals surface area (Å²) in [5, 5.41) is 0.303. The lowest BCUT2D eigenvalue weighted by Gasteiger charge is -2.11. The Kier molecular flexibility index (Phi) is 2.96. The molecule has 0 amide bonds. The molecule has 7 heteroatoms. The molecule has 0 saturated heterocycles. The lowest BCUT2D eigenvalue weighted by atomic mass is 9.98. The second kappa shape index (κ2) is 3.80. The minimum atomic E-state index is -4.73. The van der Waals surface area contributed by atoms with Gasteiger partial charge in [-0.2, -0.15) is 0 Å². The minimum Gasteiger partial charge on any atom is -0.448 e. The van der Waals surface area contributed by atoms with Gasteiger partial charge >= 0.3 is 6.98 Å². The maximum absolute atomic E-state index is 11.7. The highest BCUT2D eigenvalue weighted by molar-refractivity contribution is 8.00. The number of aromatic nitrogens is 2. The van der Waals surface area contributed by atoms with E-state index >= 15 is 0 Å². The van der Waals surface area contributed by atoms with Crippen molar-refractivity contribution in [3.05, 3.63) is 18.6 Å². The molecular weight excluding hydrogens is 188 g/mol. The Morgan fingerprint density at radius 2 is 2.08 bits per heavy atom. The van der Waals surface area contributed by atoms with Crippen molar-refractivity contribution >= 4 is 18.7 Å². The Bertz CT molecular complexity index is 240. The van der Waals surface area contributed by atoms with E-state index in [1.807, 2.05) is 0 Å². The Hall–Kier alpha value is -0.715. The molecule has 1 heterocycles. The number of hydrogen-bond acceptors (Lipinski definition) is 3. The SMILES string of the molecule is F[B-](F)(F)CSc1cnccn1. The van der Waals surface area contributed by atoms with Gasteiger partial charge in [-0.15, -0.1) is 11.8 Å². The summed E-state index contributed by atoms with van der Waals surface area (Å²) in [5.74, 6) is 0. The molecule has 0 N–H and O–H groups in total. The first-order valence-electron chi connectivity index (χ1n) is 3.18. The molecule has 1 rings (SSSR count). The van der Waals surface area contributed by atoms with Crippen LogP contribution in [0.25, 0.3) is 0 Å². The molecule has 0 aliphatic heterocycles. The highest BCUT2D eigenvalue weighted by atomic mass is 32.2. The zero-order valence-corrected chi connectivity index (χ0v) is 6.77. The van der Waals surface area contributed by atoms with Crippen LogP contribution in [0.1, 0.15) is 0 Å². The summed E-state index contributed by atoms with van der Waals surface area (Å²) in [4.78, 5) is 7.33. The van der Waals surface area contributed by atoms with Crippen LogP contribution in [0.5, 0.6) is 0 Å². The van der Waals surface area contributed by atoms with Gasteiger partial charge in [-0.1, -0.05) is 0 Å². The number of hydrogen-bond donors (Lipinski definition) is 0. The number of rotatable bonds is 3. The van der Waals surface area contributed by atoms with Crippen LogP contribution in [0.3, 0.4) is 0 Å². The predicted octanol–water partition coefficient (Wildman–Crippen LogP) is 1.96. The maximum Gasteiger partial charge on any atom is 0.488 e. The van der Waals surface area contributed by atoms with Gasteiger partial charge in [0.25, 0.3) is 0 Å². The molecule has 12 heavy (non-hydrogen) atoms. The summed E-state index contributed by atoms with van der Waals surface area (Å²) in [5.41, 5.74) is -0.862. The van der Waals surface area contributed by atoms with Gasteiger partial charge in [0.05, 0.1) is 6.20 Å². The average Bonchev–Trinajstić information content (AvgIpc) is 2.02. The van der Waals surface area contributed by atoms with Crippen LogP contribution in [0, 0.1) is 0 Å². The highest BCUT2D eigenvalue weighted by Crippen LogP contribution is 2.21. The average molecular weight is 193 g/mol. The summed E-state index contributed by atoms with van der Waals surface area (Å²) in [6.45, 7) is -4.73. The van der Waals surface area contributed by atoms with Crippen LogP contribution < -0.4 is 0 Å². The zero-order valence-electron chi connectivity index (χ0n) is 5.95. The maximum atomic E-state index is 11.7. The molecule has 0 aliphatic rings. The predicted molar refractivity (Wildman–Crippen MR) is 41.8 cm³/mol. The normalized spacial score (nSPS) is 11.6. The monoisotopic (exact) mass is 193 g/mol. The lowest BCUT2D eigenvalue weighted by Crippen LogP contribution is -2.19. The van der Waals surface area contributed by atoms with Crippen molar-refractivity contribution in [2.45, 2.75) is 5.03 Å². The third-order valence-corrected chi connectivity index (χ3v) is 2.01. The third-order valence-electron chi connectivity index (χ3n) is 0.960. The lowest BCUT2D eigenvalue weighted by molar-refractivity contribution is 0.485. The molecule has 0 radical (unpaired) electrons. The molecule has 2 nitrogen and oxygen atoms in total. The van der Waals surface area contributed by atoms with E-state index in [1.165, 1.54) is 18.6 Å². The van der Waals surface area contributed by atoms with Crippen LogP contribution in [-0.4, -0.2) is 22.6 Å². The third kappa shape index (κ3) is 3.61. The summed E-state index contributed by atoms with van der Waals surface area (Å²) in [6.07, 6.45) is 4.10. The van der Waals surface area contributed by atoms with Crippen molar-refractivity contribution in [1.82, 2.24) is 9.97 Å². The first-order chi connectivity index (χ1) is 5.58. The first-order valence-corrected chi connectivity index (χ1v) is 4.16. The van der Waals surface area contributed by atoms with Crippen molar-refractivity contribution in [2.24, 2.45) is 0 Å². The van der Waals surface area contributed by atoms with Crippen LogP contribution in [-0.2, 0) is 0 Å². The standard InChI is InChI=1S/C5H5BF3N2S/c7-6(8,9)4-12-5-3-10-1-2-11-5/h1-3H,4H2/q-1. The zero-order chi connectivity index (χ0) is 9.03. The summed E-state index contributed by atoms with van der Waals surface area (Å²) in [7, 11) is 0. The van der Waals surface area contributed by atoms with E-state index in [2.05, 4.69) is 9.97 Å². The summed E-state index contributed by atoms with van der Waals surface area (Å²) >= 11 is 0.657. The van der Waals surface area contributed by atoms with Crippen molar-refractivity contribution in [3.8, 4) is 0 Å². The van der Waals surface area contributed by atoms with E-state index in [0.717, 1.165) is 0 Å². The van der Waals surface area contributed by atoms with E-state index in [0.29, 0.717) is 16.8 Å². The fourth-order valence-corrected chi connectivity index (χ4v) is 1.17. The second-order valence-electron chi connectivity index (χ2n) is 2.07. The quantitative estimate of drug-likeness (QED) is 0.541. The van der Waals surface area contributed by atoms with Crippen molar-refractivity contribution < 1.29 is 12.9 Å². The molecule has 0 atom stereocenters. The van der Waals surface area contributed by atoms with Crippen molar-refractivity contribution in [2.75, 3.05) is 5.65 Å². The molecule has 0 aliphatic carbocycles. The number of thioether (sulfide) groups is 1. The smallest absolute Gasteiger partial charge is 0.448 e. The summed E-state index contributed by atoms with van der Waals surface area (Å²) < 4.78 is 35.2. The fourth-order valence-electron chi connectivity index (χ4n) is 0.540. The van der Waals surface area contributed by atoms with Gasteiger partial charge < -0.3 is 12.9 Å². The van der Waals surface area contributed by atoms with Crippen LogP contribution in [0.15, 0.2) is 23.6 Å². The highest BCUT2D eigenvalue weighted by Gasteiger charge is 2.22. The van der Waals surface area contributed by atoms with Gasteiger partial charge in [0, 0.05) is 12.4 Å².